The predicted molar refractivity (Wildman–Crippen MR) is 68.9 cm³/mol. The molecule has 16 heavy (non-hydrogen) atoms. The standard InChI is InChI=1S/C13H17BrO2/c1-9(2)6-12(15)8-10-7-11(14)4-5-13(10)16-3/h4-5,7,9H,6,8H2,1-3H3. The molecule has 0 fully saturated rings. The number of hydrogen-bond donors (Lipinski definition) is 0. The van der Waals surface area contributed by atoms with Crippen molar-refractivity contribution in [3.63, 3.8) is 0 Å². The Kier molecular flexibility index (Phi) is 5.00. The summed E-state index contributed by atoms with van der Waals surface area (Å²) >= 11 is 3.40. The first-order valence-corrected chi connectivity index (χ1v) is 6.16. The Morgan fingerprint density at radius 1 is 1.44 bits per heavy atom. The molecular weight excluding hydrogens is 268 g/mol. The predicted octanol–water partition coefficient (Wildman–Crippen LogP) is 3.62. The van der Waals surface area contributed by atoms with E-state index >= 15 is 0 Å². The number of carbonyl (C=O) groups excluding carboxylic acids is 1. The van der Waals surface area contributed by atoms with E-state index in [-0.39, 0.29) is 5.78 Å². The fraction of sp³-hybridized carbons (Fsp3) is 0.462. The quantitative estimate of drug-likeness (QED) is 0.826. The largest absolute Gasteiger partial charge is 0.496 e. The van der Waals surface area contributed by atoms with Crippen LogP contribution in [0.2, 0.25) is 0 Å². The van der Waals surface area contributed by atoms with Gasteiger partial charge in [0.1, 0.15) is 11.5 Å². The van der Waals surface area contributed by atoms with Crippen molar-refractivity contribution in [2.75, 3.05) is 7.11 Å². The Morgan fingerprint density at radius 3 is 2.69 bits per heavy atom. The van der Waals surface area contributed by atoms with Crippen LogP contribution >= 0.6 is 15.9 Å². The summed E-state index contributed by atoms with van der Waals surface area (Å²) in [5, 5.41) is 0. The minimum Gasteiger partial charge on any atom is -0.496 e. The van der Waals surface area contributed by atoms with Gasteiger partial charge < -0.3 is 4.74 Å². The summed E-state index contributed by atoms with van der Waals surface area (Å²) in [5.74, 6) is 1.44. The number of halogens is 1. The number of ether oxygens (including phenoxy) is 1. The molecule has 88 valence electrons. The van der Waals surface area contributed by atoms with Crippen molar-refractivity contribution in [2.24, 2.45) is 5.92 Å². The van der Waals surface area contributed by atoms with Gasteiger partial charge >= 0.3 is 0 Å². The summed E-state index contributed by atoms with van der Waals surface area (Å²) in [5.41, 5.74) is 0.947. The molecule has 0 radical (unpaired) electrons. The highest BCUT2D eigenvalue weighted by molar-refractivity contribution is 9.10. The molecule has 1 rings (SSSR count). The lowest BCUT2D eigenvalue weighted by Crippen LogP contribution is -2.07. The van der Waals surface area contributed by atoms with Gasteiger partial charge in [0.05, 0.1) is 7.11 Å². The van der Waals surface area contributed by atoms with Crippen LogP contribution in [0.3, 0.4) is 0 Å². The molecule has 0 saturated carbocycles. The number of Topliss-reactive ketones (excluding diaryl/α,β-unsaturated/α-hetero) is 1. The molecule has 0 bridgehead atoms. The summed E-state index contributed by atoms with van der Waals surface area (Å²) in [6, 6.07) is 5.73. The zero-order chi connectivity index (χ0) is 12.1. The molecule has 0 aliphatic heterocycles. The first kappa shape index (κ1) is 13.2. The van der Waals surface area contributed by atoms with E-state index in [9.17, 15) is 4.79 Å². The fourth-order valence-electron chi connectivity index (χ4n) is 1.63. The van der Waals surface area contributed by atoms with Crippen molar-refractivity contribution in [1.82, 2.24) is 0 Å². The molecule has 1 aromatic carbocycles. The van der Waals surface area contributed by atoms with Gasteiger partial charge in [0.25, 0.3) is 0 Å². The first-order chi connectivity index (χ1) is 7.52. The number of hydrogen-bond acceptors (Lipinski definition) is 2. The Balaban J connectivity index is 2.79. The fourth-order valence-corrected chi connectivity index (χ4v) is 2.03. The zero-order valence-corrected chi connectivity index (χ0v) is 11.5. The van der Waals surface area contributed by atoms with Crippen LogP contribution in [0.25, 0.3) is 0 Å². The topological polar surface area (TPSA) is 26.3 Å². The van der Waals surface area contributed by atoms with Crippen molar-refractivity contribution in [3.05, 3.63) is 28.2 Å². The maximum Gasteiger partial charge on any atom is 0.137 e. The van der Waals surface area contributed by atoms with E-state index in [1.807, 2.05) is 18.2 Å². The number of benzene rings is 1. The molecule has 0 amide bonds. The van der Waals surface area contributed by atoms with E-state index in [0.717, 1.165) is 15.8 Å². The molecule has 1 aromatic rings. The summed E-state index contributed by atoms with van der Waals surface area (Å²) in [6.45, 7) is 4.10. The van der Waals surface area contributed by atoms with Crippen molar-refractivity contribution in [2.45, 2.75) is 26.7 Å². The average molecular weight is 285 g/mol. The summed E-state index contributed by atoms with van der Waals surface area (Å²) in [4.78, 5) is 11.7. The second-order valence-electron chi connectivity index (χ2n) is 4.27. The second-order valence-corrected chi connectivity index (χ2v) is 5.19. The molecule has 2 nitrogen and oxygen atoms in total. The van der Waals surface area contributed by atoms with Gasteiger partial charge in [0, 0.05) is 22.9 Å². The first-order valence-electron chi connectivity index (χ1n) is 5.37. The molecule has 0 atom stereocenters. The van der Waals surface area contributed by atoms with Crippen LogP contribution in [0, 0.1) is 5.92 Å². The Bertz CT molecular complexity index is 372. The van der Waals surface area contributed by atoms with E-state index < -0.39 is 0 Å². The van der Waals surface area contributed by atoms with E-state index in [4.69, 9.17) is 4.74 Å². The molecule has 3 heteroatoms. The summed E-state index contributed by atoms with van der Waals surface area (Å²) in [7, 11) is 1.62. The van der Waals surface area contributed by atoms with Gasteiger partial charge in [-0.1, -0.05) is 29.8 Å². The Labute approximate surface area is 105 Å². The smallest absolute Gasteiger partial charge is 0.137 e. The molecular formula is C13H17BrO2. The van der Waals surface area contributed by atoms with E-state index in [1.54, 1.807) is 7.11 Å². The summed E-state index contributed by atoms with van der Waals surface area (Å²) < 4.78 is 6.21. The van der Waals surface area contributed by atoms with E-state index in [0.29, 0.717) is 18.8 Å². The maximum atomic E-state index is 11.7. The highest BCUT2D eigenvalue weighted by Crippen LogP contribution is 2.24. The van der Waals surface area contributed by atoms with Gasteiger partial charge in [0.2, 0.25) is 0 Å². The lowest BCUT2D eigenvalue weighted by molar-refractivity contribution is -0.119. The van der Waals surface area contributed by atoms with E-state index in [2.05, 4.69) is 29.8 Å². The van der Waals surface area contributed by atoms with Crippen LogP contribution < -0.4 is 4.74 Å². The Hall–Kier alpha value is -0.830. The number of methoxy groups -OCH3 is 1. The van der Waals surface area contributed by atoms with Gasteiger partial charge in [-0.15, -0.1) is 0 Å². The molecule has 0 aromatic heterocycles. The van der Waals surface area contributed by atoms with Gasteiger partial charge in [-0.25, -0.2) is 0 Å². The monoisotopic (exact) mass is 284 g/mol. The zero-order valence-electron chi connectivity index (χ0n) is 9.92. The molecule has 0 heterocycles. The van der Waals surface area contributed by atoms with Crippen molar-refractivity contribution < 1.29 is 9.53 Å². The minimum absolute atomic E-state index is 0.256. The molecule has 0 N–H and O–H groups in total. The molecule has 0 unspecified atom stereocenters. The molecule has 0 aliphatic carbocycles. The van der Waals surface area contributed by atoms with Gasteiger partial charge in [-0.2, -0.15) is 0 Å². The number of carbonyl (C=O) groups is 1. The van der Waals surface area contributed by atoms with Crippen LogP contribution in [-0.2, 0) is 11.2 Å². The van der Waals surface area contributed by atoms with Gasteiger partial charge in [-0.3, -0.25) is 4.79 Å². The average Bonchev–Trinajstić information content (AvgIpc) is 2.16. The third-order valence-corrected chi connectivity index (χ3v) is 2.76. The molecule has 0 spiro atoms. The van der Waals surface area contributed by atoms with E-state index in [1.165, 1.54) is 0 Å². The van der Waals surface area contributed by atoms with Crippen LogP contribution in [0.5, 0.6) is 5.75 Å². The van der Waals surface area contributed by atoms with Crippen LogP contribution in [0.1, 0.15) is 25.8 Å². The van der Waals surface area contributed by atoms with Crippen LogP contribution in [0.4, 0.5) is 0 Å². The van der Waals surface area contributed by atoms with Gasteiger partial charge in [0.15, 0.2) is 0 Å². The maximum absolute atomic E-state index is 11.7. The SMILES string of the molecule is COc1ccc(Br)cc1CC(=O)CC(C)C. The Morgan fingerprint density at radius 2 is 2.12 bits per heavy atom. The highest BCUT2D eigenvalue weighted by Gasteiger charge is 2.10. The van der Waals surface area contributed by atoms with Gasteiger partial charge in [-0.05, 0) is 24.1 Å². The third-order valence-electron chi connectivity index (χ3n) is 2.27. The lowest BCUT2D eigenvalue weighted by Gasteiger charge is -2.09. The van der Waals surface area contributed by atoms with Crippen LogP contribution in [-0.4, -0.2) is 12.9 Å². The highest BCUT2D eigenvalue weighted by atomic mass is 79.9. The van der Waals surface area contributed by atoms with Crippen molar-refractivity contribution in [1.29, 1.82) is 0 Å². The lowest BCUT2D eigenvalue weighted by atomic mass is 10.0. The number of rotatable bonds is 5. The summed E-state index contributed by atoms with van der Waals surface area (Å²) in [6.07, 6.45) is 1.07. The normalized spacial score (nSPS) is 10.6. The van der Waals surface area contributed by atoms with Crippen molar-refractivity contribution in [3.8, 4) is 5.75 Å². The molecule has 0 saturated heterocycles. The minimum atomic E-state index is 0.256. The third kappa shape index (κ3) is 3.97. The number of ketones is 1. The second kappa shape index (κ2) is 6.04. The van der Waals surface area contributed by atoms with Crippen LogP contribution in [0.15, 0.2) is 22.7 Å². The van der Waals surface area contributed by atoms with Crippen molar-refractivity contribution >= 4 is 21.7 Å². The molecule has 0 aliphatic rings.